The number of Topliss-reactive ketones (excluding diaryl/α,β-unsaturated/α-hetero) is 1. The van der Waals surface area contributed by atoms with E-state index in [0.717, 1.165) is 17.2 Å². The van der Waals surface area contributed by atoms with Gasteiger partial charge in [-0.05, 0) is 85.8 Å². The Balaban J connectivity index is 0.748. The molecule has 1 heterocycles. The number of ether oxygens (including phenoxy) is 8. The predicted molar refractivity (Wildman–Crippen MR) is 274 cm³/mol. The van der Waals surface area contributed by atoms with Crippen LogP contribution in [0, 0.1) is 22.7 Å². The number of carbonyl (C=O) groups is 5. The van der Waals surface area contributed by atoms with E-state index in [1.54, 1.807) is 19.2 Å². The lowest BCUT2D eigenvalue weighted by atomic mass is 9.44. The minimum absolute atomic E-state index is 0.0115. The summed E-state index contributed by atoms with van der Waals surface area (Å²) in [5.74, 6) is -4.32. The quantitative estimate of drug-likeness (QED) is 0.0644. The van der Waals surface area contributed by atoms with E-state index in [9.17, 15) is 34.2 Å². The van der Waals surface area contributed by atoms with Crippen molar-refractivity contribution in [3.05, 3.63) is 89.0 Å². The van der Waals surface area contributed by atoms with Crippen molar-refractivity contribution in [2.24, 2.45) is 22.7 Å². The van der Waals surface area contributed by atoms with Gasteiger partial charge in [-0.3, -0.25) is 24.0 Å². The van der Waals surface area contributed by atoms with Gasteiger partial charge in [-0.15, -0.1) is 0 Å². The van der Waals surface area contributed by atoms with Crippen molar-refractivity contribution in [2.45, 2.75) is 93.6 Å². The topological polar surface area (TPSA) is 244 Å². The molecule has 2 amide bonds. The lowest BCUT2D eigenvalue weighted by molar-refractivity contribution is -0.235. The monoisotopic (exact) mass is 1090 g/mol. The normalized spacial score (nSPS) is 29.7. The number of carboxylic acid groups (broad SMARTS) is 1. The van der Waals surface area contributed by atoms with E-state index in [1.165, 1.54) is 30.8 Å². The van der Waals surface area contributed by atoms with E-state index in [4.69, 9.17) is 43.0 Å². The Morgan fingerprint density at radius 2 is 1.46 bits per heavy atom. The number of alkyl halides is 2. The highest BCUT2D eigenvalue weighted by Gasteiger charge is 2.80. The number of benzene rings is 2. The van der Waals surface area contributed by atoms with Gasteiger partial charge in [-0.25, -0.2) is 8.78 Å². The van der Waals surface area contributed by atoms with Crippen LogP contribution in [0.3, 0.4) is 0 Å². The fourth-order valence-electron chi connectivity index (χ4n) is 11.9. The Bertz CT molecular complexity index is 2400. The predicted octanol–water partition coefficient (Wildman–Crippen LogP) is 4.67. The summed E-state index contributed by atoms with van der Waals surface area (Å²) in [5.41, 5.74) is -3.73. The molecule has 7 rings (SSSR count). The number of aliphatic hydroxyl groups excluding tert-OH is 2. The van der Waals surface area contributed by atoms with Crippen LogP contribution in [-0.2, 0) is 68.3 Å². The number of carboxylic acids is 1. The number of hydrogen-bond donors (Lipinski definition) is 5. The molecular formula is C55H72F2N2O16S. The molecule has 1 aliphatic heterocycles. The van der Waals surface area contributed by atoms with Crippen molar-refractivity contribution in [2.75, 3.05) is 104 Å². The van der Waals surface area contributed by atoms with Gasteiger partial charge in [0.2, 0.25) is 11.8 Å². The number of nitrogens with one attached hydrogen (secondary N) is 2. The van der Waals surface area contributed by atoms with Crippen molar-refractivity contribution in [1.29, 1.82) is 0 Å². The molecule has 21 heteroatoms. The molecule has 5 N–H and O–H groups in total. The molecular weight excluding hydrogens is 1010 g/mol. The third-order valence-corrected chi connectivity index (χ3v) is 16.6. The first-order chi connectivity index (χ1) is 36.5. The Kier molecular flexibility index (Phi) is 20.9. The maximum absolute atomic E-state index is 17.8. The molecule has 0 bridgehead atoms. The smallest absolute Gasteiger partial charge is 0.305 e. The summed E-state index contributed by atoms with van der Waals surface area (Å²) in [6.07, 6.45) is 0.327. The lowest BCUT2D eigenvalue weighted by Crippen LogP contribution is -2.70. The Labute approximate surface area is 445 Å². The van der Waals surface area contributed by atoms with Crippen molar-refractivity contribution >= 4 is 46.8 Å². The number of thioether (sulfide) groups is 1. The number of hydrogen-bond acceptors (Lipinski definition) is 16. The second-order valence-corrected chi connectivity index (χ2v) is 21.2. The molecule has 0 aromatic heterocycles. The molecule has 4 aliphatic carbocycles. The second-order valence-electron chi connectivity index (χ2n) is 20.2. The maximum atomic E-state index is 17.8. The maximum Gasteiger partial charge on any atom is 0.305 e. The fraction of sp³-hybridized carbons (Fsp3) is 0.618. The van der Waals surface area contributed by atoms with Crippen molar-refractivity contribution in [3.63, 3.8) is 0 Å². The molecule has 4 fully saturated rings. The summed E-state index contributed by atoms with van der Waals surface area (Å²) in [6.45, 7) is 6.91. The summed E-state index contributed by atoms with van der Waals surface area (Å²) in [6, 6.07) is 15.0. The zero-order valence-electron chi connectivity index (χ0n) is 43.3. The molecule has 0 spiro atoms. The van der Waals surface area contributed by atoms with Gasteiger partial charge in [0, 0.05) is 34.5 Å². The van der Waals surface area contributed by atoms with Gasteiger partial charge in [0.05, 0.1) is 110 Å². The molecule has 76 heavy (non-hydrogen) atoms. The standard InChI is InChI=1S/C55H72F2N2O16S/c1-52-13-11-39(61)29-42(52)43(56)30-41-40-31-47-55(46(63)34-60,53(40,2)33-45(62)54(41,52)57)75-51(74-47)37-9-7-35(8-10-37)27-36-5-4-6-38(28-36)59-48(64)12-15-68-17-19-70-21-23-72-25-26-73-24-22-71-20-18-69-16-14-58-50(67)44(76-3)32-49(65)66/h4-11,13,28-29,40-41,43-45,47,51,60,62H,12,14-27,30-34H2,1-3H3,(H,58,67)(H,59,64)(H,65,66)/t40-,41-,43-,44?,45-,47+,51+,52-,53-,54-,55+/m0/s1. The number of amides is 2. The Morgan fingerprint density at radius 3 is 2.07 bits per heavy atom. The van der Waals surface area contributed by atoms with Crippen LogP contribution in [0.5, 0.6) is 0 Å². The molecule has 1 saturated heterocycles. The molecule has 11 atom stereocenters. The molecule has 18 nitrogen and oxygen atoms in total. The number of aliphatic hydroxyl groups is 2. The summed E-state index contributed by atoms with van der Waals surface area (Å²) >= 11 is 1.19. The first-order valence-electron chi connectivity index (χ1n) is 25.9. The molecule has 1 unspecified atom stereocenters. The highest BCUT2D eigenvalue weighted by Crippen LogP contribution is 2.72. The van der Waals surface area contributed by atoms with E-state index in [1.807, 2.05) is 42.5 Å². The summed E-state index contributed by atoms with van der Waals surface area (Å²) < 4.78 is 79.8. The van der Waals surface area contributed by atoms with Crippen LogP contribution in [-0.4, -0.2) is 178 Å². The molecule has 418 valence electrons. The number of aliphatic carboxylic acids is 1. The van der Waals surface area contributed by atoms with Gasteiger partial charge in [0.15, 0.2) is 29.1 Å². The SMILES string of the molecule is CSC(CC(=O)O)C(=O)NCCOCCOCCOCCOCCOCCOCCC(=O)Nc1cccc(Cc2ccc([C@@H]3O[C@@H]4C[C@H]5[C@@H]6C[C@H](F)C7=CC(=O)C=C[C@]7(C)[C@@]6(F)[C@@H](O)C[C@]5(C)[C@]4(C(=O)CO)O3)cc2)c1. The van der Waals surface area contributed by atoms with Crippen LogP contribution in [0.4, 0.5) is 14.5 Å². The Morgan fingerprint density at radius 1 is 0.842 bits per heavy atom. The summed E-state index contributed by atoms with van der Waals surface area (Å²) in [4.78, 5) is 61.7. The third kappa shape index (κ3) is 13.1. The van der Waals surface area contributed by atoms with Gasteiger partial charge in [0.1, 0.15) is 12.8 Å². The first kappa shape index (κ1) is 59.1. The van der Waals surface area contributed by atoms with Gasteiger partial charge in [-0.2, -0.15) is 11.8 Å². The van der Waals surface area contributed by atoms with Crippen molar-refractivity contribution < 1.29 is 86.0 Å². The average molecular weight is 1090 g/mol. The second kappa shape index (κ2) is 26.9. The van der Waals surface area contributed by atoms with Gasteiger partial charge >= 0.3 is 5.97 Å². The molecule has 2 aromatic rings. The van der Waals surface area contributed by atoms with E-state index in [2.05, 4.69) is 10.6 Å². The minimum Gasteiger partial charge on any atom is -0.481 e. The van der Waals surface area contributed by atoms with E-state index >= 15 is 8.78 Å². The third-order valence-electron chi connectivity index (χ3n) is 15.6. The number of fused-ring (bicyclic) bond motifs is 7. The zero-order chi connectivity index (χ0) is 54.5. The molecule has 2 aromatic carbocycles. The average Bonchev–Trinajstić information content (AvgIpc) is 4.11. The molecule has 5 aliphatic rings. The van der Waals surface area contributed by atoms with Gasteiger partial charge in [0.25, 0.3) is 0 Å². The van der Waals surface area contributed by atoms with E-state index in [-0.39, 0.29) is 69.3 Å². The van der Waals surface area contributed by atoms with Crippen LogP contribution in [0.2, 0.25) is 0 Å². The van der Waals surface area contributed by atoms with Crippen LogP contribution in [0.1, 0.15) is 68.9 Å². The highest BCUT2D eigenvalue weighted by molar-refractivity contribution is 7.99. The van der Waals surface area contributed by atoms with Crippen LogP contribution >= 0.6 is 11.8 Å². The molecule has 0 radical (unpaired) electrons. The van der Waals surface area contributed by atoms with Crippen molar-refractivity contribution in [3.8, 4) is 0 Å². The number of carbonyl (C=O) groups excluding carboxylic acids is 4. The highest BCUT2D eigenvalue weighted by atomic mass is 32.2. The number of anilines is 1. The number of halogens is 2. The van der Waals surface area contributed by atoms with Crippen molar-refractivity contribution in [1.82, 2.24) is 5.32 Å². The first-order valence-corrected chi connectivity index (χ1v) is 27.2. The van der Waals surface area contributed by atoms with E-state index < -0.39 is 88.0 Å². The zero-order valence-corrected chi connectivity index (χ0v) is 44.2. The number of rotatable bonds is 31. The van der Waals surface area contributed by atoms with Gasteiger partial charge < -0.3 is 63.8 Å². The number of ketones is 2. The molecule has 3 saturated carbocycles. The van der Waals surface area contributed by atoms with E-state index in [0.29, 0.717) is 83.7 Å². The minimum atomic E-state index is -2.34. The lowest BCUT2D eigenvalue weighted by Gasteiger charge is -2.63. The summed E-state index contributed by atoms with van der Waals surface area (Å²) in [5, 5.41) is 35.9. The van der Waals surface area contributed by atoms with Crippen LogP contribution < -0.4 is 10.6 Å². The fourth-order valence-corrected chi connectivity index (χ4v) is 12.5. The van der Waals surface area contributed by atoms with Crippen LogP contribution in [0.25, 0.3) is 0 Å². The number of allylic oxidation sites excluding steroid dienone is 4. The summed E-state index contributed by atoms with van der Waals surface area (Å²) in [7, 11) is 0. The Hall–Kier alpha value is -4.52. The van der Waals surface area contributed by atoms with Crippen LogP contribution in [0.15, 0.2) is 72.3 Å². The largest absolute Gasteiger partial charge is 0.481 e. The van der Waals surface area contributed by atoms with Gasteiger partial charge in [-0.1, -0.05) is 49.4 Å².